The molecule has 0 aliphatic rings. The summed E-state index contributed by atoms with van der Waals surface area (Å²) in [6.07, 6.45) is 28.2. The Morgan fingerprint density at radius 3 is 1.19 bits per heavy atom. The molecule has 42 heavy (non-hydrogen) atoms. The van der Waals surface area contributed by atoms with Gasteiger partial charge in [0.2, 0.25) is 0 Å². The highest BCUT2D eigenvalue weighted by molar-refractivity contribution is 5.69. The maximum absolute atomic E-state index is 12.2. The van der Waals surface area contributed by atoms with E-state index in [1.807, 2.05) is 0 Å². The van der Waals surface area contributed by atoms with Crippen LogP contribution in [0.2, 0.25) is 0 Å². The number of carbonyl (C=O) groups is 2. The first-order valence-corrected chi connectivity index (χ1v) is 18.5. The second kappa shape index (κ2) is 30.0. The molecule has 0 aromatic rings. The van der Waals surface area contributed by atoms with Crippen molar-refractivity contribution >= 4 is 11.9 Å². The van der Waals surface area contributed by atoms with Crippen LogP contribution in [0.1, 0.15) is 196 Å². The number of unbranched alkanes of at least 4 members (excludes halogenated alkanes) is 15. The molecule has 0 radical (unpaired) electrons. The van der Waals surface area contributed by atoms with Gasteiger partial charge in [-0.1, -0.05) is 157 Å². The zero-order valence-electron chi connectivity index (χ0n) is 29.3. The van der Waals surface area contributed by atoms with Gasteiger partial charge < -0.3 is 9.47 Å². The highest BCUT2D eigenvalue weighted by Gasteiger charge is 2.15. The van der Waals surface area contributed by atoms with Crippen LogP contribution in [0.15, 0.2) is 0 Å². The Kier molecular flexibility index (Phi) is 29.2. The fourth-order valence-corrected chi connectivity index (χ4v) is 5.74. The van der Waals surface area contributed by atoms with Crippen LogP contribution in [0, 0.1) is 23.7 Å². The average molecular weight is 595 g/mol. The zero-order valence-corrected chi connectivity index (χ0v) is 29.3. The first kappa shape index (κ1) is 40.9. The number of esters is 2. The van der Waals surface area contributed by atoms with E-state index >= 15 is 0 Å². The van der Waals surface area contributed by atoms with Gasteiger partial charge in [-0.15, -0.1) is 0 Å². The summed E-state index contributed by atoms with van der Waals surface area (Å²) < 4.78 is 10.8. The molecule has 0 aliphatic carbocycles. The molecule has 4 heteroatoms. The monoisotopic (exact) mass is 595 g/mol. The molecule has 1 unspecified atom stereocenters. The molecule has 0 saturated heterocycles. The van der Waals surface area contributed by atoms with Crippen LogP contribution in [0.25, 0.3) is 0 Å². The first-order chi connectivity index (χ1) is 20.2. The number of hydrogen-bond acceptors (Lipinski definition) is 4. The van der Waals surface area contributed by atoms with Crippen molar-refractivity contribution in [2.24, 2.45) is 23.7 Å². The topological polar surface area (TPSA) is 52.6 Å². The van der Waals surface area contributed by atoms with Gasteiger partial charge in [-0.25, -0.2) is 0 Å². The van der Waals surface area contributed by atoms with E-state index in [1.165, 1.54) is 109 Å². The van der Waals surface area contributed by atoms with E-state index in [0.29, 0.717) is 37.9 Å². The standard InChI is InChI=1S/C38H74O4/c1-33(2)25-19-17-23-31-41-37(39)28-22-16-14-12-10-8-7-9-11-13-15-21-27-36(35(5)6)29-30-38(40)42-32-24-18-20-26-34(3)4/h33-36H,7-32H2,1-6H3. The Bertz CT molecular complexity index is 598. The predicted octanol–water partition coefficient (Wildman–Crippen LogP) is 12.0. The molecule has 0 amide bonds. The Morgan fingerprint density at radius 1 is 0.405 bits per heavy atom. The molecule has 0 N–H and O–H groups in total. The summed E-state index contributed by atoms with van der Waals surface area (Å²) in [6.45, 7) is 14.8. The lowest BCUT2D eigenvalue weighted by Gasteiger charge is -2.20. The van der Waals surface area contributed by atoms with Crippen molar-refractivity contribution in [3.63, 3.8) is 0 Å². The molecule has 0 saturated carbocycles. The third-order valence-electron chi connectivity index (χ3n) is 8.75. The third-order valence-corrected chi connectivity index (χ3v) is 8.75. The zero-order chi connectivity index (χ0) is 31.3. The van der Waals surface area contributed by atoms with Crippen LogP contribution >= 0.6 is 0 Å². The van der Waals surface area contributed by atoms with Gasteiger partial charge in [-0.05, 0) is 49.4 Å². The molecule has 4 nitrogen and oxygen atoms in total. The number of ether oxygens (including phenoxy) is 2. The maximum atomic E-state index is 12.2. The number of rotatable bonds is 31. The maximum Gasteiger partial charge on any atom is 0.305 e. The van der Waals surface area contributed by atoms with Crippen LogP contribution in [-0.4, -0.2) is 25.2 Å². The van der Waals surface area contributed by atoms with Crippen molar-refractivity contribution in [2.45, 2.75) is 196 Å². The number of hydrogen-bond donors (Lipinski definition) is 0. The normalized spacial score (nSPS) is 12.4. The van der Waals surface area contributed by atoms with Gasteiger partial charge >= 0.3 is 11.9 Å². The lowest BCUT2D eigenvalue weighted by Crippen LogP contribution is -2.13. The first-order valence-electron chi connectivity index (χ1n) is 18.5. The molecule has 0 fully saturated rings. The fourth-order valence-electron chi connectivity index (χ4n) is 5.74. The molecule has 0 spiro atoms. The third kappa shape index (κ3) is 30.4. The van der Waals surface area contributed by atoms with Crippen molar-refractivity contribution in [1.82, 2.24) is 0 Å². The minimum atomic E-state index is -0.00290. The van der Waals surface area contributed by atoms with Gasteiger partial charge in [0.25, 0.3) is 0 Å². The summed E-state index contributed by atoms with van der Waals surface area (Å²) in [4.78, 5) is 24.0. The van der Waals surface area contributed by atoms with Gasteiger partial charge in [0.05, 0.1) is 13.2 Å². The van der Waals surface area contributed by atoms with Gasteiger partial charge in [0.15, 0.2) is 0 Å². The van der Waals surface area contributed by atoms with Crippen molar-refractivity contribution in [3.05, 3.63) is 0 Å². The second-order valence-electron chi connectivity index (χ2n) is 14.3. The number of carbonyl (C=O) groups excluding carboxylic acids is 2. The van der Waals surface area contributed by atoms with Crippen molar-refractivity contribution in [2.75, 3.05) is 13.2 Å². The van der Waals surface area contributed by atoms with Crippen LogP contribution in [-0.2, 0) is 19.1 Å². The van der Waals surface area contributed by atoms with Gasteiger partial charge in [-0.2, -0.15) is 0 Å². The minimum absolute atomic E-state index is 0.00258. The average Bonchev–Trinajstić information content (AvgIpc) is 2.93. The summed E-state index contributed by atoms with van der Waals surface area (Å²) in [6, 6.07) is 0. The van der Waals surface area contributed by atoms with Crippen LogP contribution in [0.3, 0.4) is 0 Å². The molecular formula is C38H74O4. The molecule has 0 heterocycles. The summed E-state index contributed by atoms with van der Waals surface area (Å²) >= 11 is 0. The van der Waals surface area contributed by atoms with Gasteiger partial charge in [-0.3, -0.25) is 9.59 Å². The predicted molar refractivity (Wildman–Crippen MR) is 181 cm³/mol. The molecular weight excluding hydrogens is 520 g/mol. The molecule has 0 bridgehead atoms. The van der Waals surface area contributed by atoms with E-state index in [4.69, 9.17) is 9.47 Å². The fraction of sp³-hybridized carbons (Fsp3) is 0.947. The molecule has 0 aromatic carbocycles. The molecule has 250 valence electrons. The lowest BCUT2D eigenvalue weighted by atomic mass is 9.86. The van der Waals surface area contributed by atoms with Crippen molar-refractivity contribution in [1.29, 1.82) is 0 Å². The highest BCUT2D eigenvalue weighted by atomic mass is 16.5. The summed E-state index contributed by atoms with van der Waals surface area (Å²) in [5.41, 5.74) is 0. The Labute approximate surface area is 263 Å². The molecule has 0 aromatic heterocycles. The van der Waals surface area contributed by atoms with E-state index in [1.54, 1.807) is 0 Å². The van der Waals surface area contributed by atoms with Crippen molar-refractivity contribution in [3.8, 4) is 0 Å². The SMILES string of the molecule is CC(C)CCCCCOC(=O)CCCCCCCCCCCCCCC(CCC(=O)OCCCCCC(C)C)C(C)C. The quantitative estimate of drug-likeness (QED) is 0.0591. The lowest BCUT2D eigenvalue weighted by molar-refractivity contribution is -0.145. The summed E-state index contributed by atoms with van der Waals surface area (Å²) in [7, 11) is 0. The van der Waals surface area contributed by atoms with Crippen molar-refractivity contribution < 1.29 is 19.1 Å². The Morgan fingerprint density at radius 2 is 0.762 bits per heavy atom. The molecule has 1 atom stereocenters. The van der Waals surface area contributed by atoms with Gasteiger partial charge in [0.1, 0.15) is 0 Å². The molecule has 0 rings (SSSR count). The summed E-state index contributed by atoms with van der Waals surface area (Å²) in [5, 5.41) is 0. The van der Waals surface area contributed by atoms with Crippen LogP contribution in [0.4, 0.5) is 0 Å². The van der Waals surface area contributed by atoms with Crippen LogP contribution < -0.4 is 0 Å². The van der Waals surface area contributed by atoms with E-state index in [9.17, 15) is 9.59 Å². The minimum Gasteiger partial charge on any atom is -0.466 e. The summed E-state index contributed by atoms with van der Waals surface area (Å²) in [5.74, 6) is 2.81. The van der Waals surface area contributed by atoms with Gasteiger partial charge in [0, 0.05) is 12.8 Å². The van der Waals surface area contributed by atoms with Crippen LogP contribution in [0.5, 0.6) is 0 Å². The second-order valence-corrected chi connectivity index (χ2v) is 14.3. The molecule has 0 aliphatic heterocycles. The van der Waals surface area contributed by atoms with E-state index in [0.717, 1.165) is 43.9 Å². The Hall–Kier alpha value is -1.06. The highest BCUT2D eigenvalue weighted by Crippen LogP contribution is 2.25. The van der Waals surface area contributed by atoms with E-state index in [2.05, 4.69) is 41.5 Å². The van der Waals surface area contributed by atoms with E-state index in [-0.39, 0.29) is 11.9 Å². The van der Waals surface area contributed by atoms with E-state index < -0.39 is 0 Å². The Balaban J connectivity index is 3.51. The largest absolute Gasteiger partial charge is 0.466 e. The smallest absolute Gasteiger partial charge is 0.305 e.